The third kappa shape index (κ3) is 4.72. The molecule has 1 N–H and O–H groups in total. The largest absolute Gasteiger partial charge is 0.465 e. The molecule has 1 spiro atoms. The number of fused-ring (bicyclic) bond motifs is 1. The molecule has 6 atom stereocenters. The average molecular weight is 539 g/mol. The third-order valence-corrected chi connectivity index (χ3v) is 8.81. The lowest BCUT2D eigenvalue weighted by atomic mass is 9.66. The lowest BCUT2D eigenvalue weighted by Crippen LogP contribution is -2.59. The molecule has 0 saturated carbocycles. The van der Waals surface area contributed by atoms with Crippen LogP contribution in [0.3, 0.4) is 0 Å². The highest BCUT2D eigenvalue weighted by Crippen LogP contribution is 2.64. The van der Waals surface area contributed by atoms with Crippen LogP contribution >= 0.6 is 0 Å². The summed E-state index contributed by atoms with van der Waals surface area (Å²) < 4.78 is 12.3. The molecule has 4 rings (SSSR count). The van der Waals surface area contributed by atoms with Crippen LogP contribution < -0.4 is 4.90 Å². The number of ether oxygens (including phenoxy) is 2. The molecule has 0 aliphatic carbocycles. The molecule has 8 nitrogen and oxygen atoms in total. The van der Waals surface area contributed by atoms with Gasteiger partial charge >= 0.3 is 5.97 Å². The van der Waals surface area contributed by atoms with Crippen LogP contribution in [0, 0.1) is 25.7 Å². The molecule has 2 bridgehead atoms. The molecule has 8 heteroatoms. The van der Waals surface area contributed by atoms with E-state index < -0.39 is 41.1 Å². The second-order valence-corrected chi connectivity index (χ2v) is 11.3. The van der Waals surface area contributed by atoms with Crippen molar-refractivity contribution in [2.75, 3.05) is 24.7 Å². The van der Waals surface area contributed by atoms with Crippen LogP contribution in [0.15, 0.2) is 43.5 Å². The number of aliphatic hydroxyl groups is 1. The Kier molecular flexibility index (Phi) is 8.38. The van der Waals surface area contributed by atoms with Gasteiger partial charge in [-0.3, -0.25) is 14.4 Å². The van der Waals surface area contributed by atoms with Crippen LogP contribution in [0.2, 0.25) is 0 Å². The molecule has 1 aromatic carbocycles. The van der Waals surface area contributed by atoms with Crippen molar-refractivity contribution in [3.63, 3.8) is 0 Å². The molecule has 2 amide bonds. The highest BCUT2D eigenvalue weighted by atomic mass is 16.6. The molecule has 2 unspecified atom stereocenters. The number of anilines is 1. The molecule has 39 heavy (non-hydrogen) atoms. The van der Waals surface area contributed by atoms with E-state index in [9.17, 15) is 19.5 Å². The first kappa shape index (κ1) is 29.0. The number of nitrogens with zero attached hydrogens (tertiary/aromatic N) is 2. The first-order chi connectivity index (χ1) is 18.6. The van der Waals surface area contributed by atoms with Crippen LogP contribution in [-0.2, 0) is 23.9 Å². The second kappa shape index (κ2) is 11.3. The maximum absolute atomic E-state index is 14.6. The van der Waals surface area contributed by atoms with Gasteiger partial charge in [0, 0.05) is 12.2 Å². The molecule has 3 fully saturated rings. The van der Waals surface area contributed by atoms with Crippen LogP contribution in [0.25, 0.3) is 0 Å². The zero-order valence-electron chi connectivity index (χ0n) is 23.7. The molecule has 0 radical (unpaired) electrons. The van der Waals surface area contributed by atoms with Gasteiger partial charge in [0.25, 0.3) is 5.91 Å². The van der Waals surface area contributed by atoms with Crippen LogP contribution in [-0.4, -0.2) is 70.8 Å². The Hall–Kier alpha value is -2.97. The SMILES string of the molecule is C=CCCCOC(=O)[C@H]1[C@H]2C(=O)N([C@@H](CC)CO)C(C(=O)N(CC=C)c3cc(C)ccc3C)C23CC[C@]1(C)O3. The fourth-order valence-electron chi connectivity index (χ4n) is 6.89. The van der Waals surface area contributed by atoms with Gasteiger partial charge in [-0.25, -0.2) is 0 Å². The van der Waals surface area contributed by atoms with Gasteiger partial charge in [-0.05, 0) is 70.1 Å². The van der Waals surface area contributed by atoms with E-state index in [0.29, 0.717) is 32.1 Å². The van der Waals surface area contributed by atoms with Crippen molar-refractivity contribution in [2.24, 2.45) is 11.8 Å². The van der Waals surface area contributed by atoms with E-state index in [0.717, 1.165) is 16.8 Å². The second-order valence-electron chi connectivity index (χ2n) is 11.3. The predicted octanol–water partition coefficient (Wildman–Crippen LogP) is 3.87. The van der Waals surface area contributed by atoms with E-state index in [4.69, 9.17) is 9.47 Å². The zero-order valence-corrected chi connectivity index (χ0v) is 23.7. The summed E-state index contributed by atoms with van der Waals surface area (Å²) in [7, 11) is 0. The highest BCUT2D eigenvalue weighted by molar-refractivity contribution is 6.05. The highest BCUT2D eigenvalue weighted by Gasteiger charge is 2.79. The number of esters is 1. The summed E-state index contributed by atoms with van der Waals surface area (Å²) in [5, 5.41) is 10.3. The molecule has 3 saturated heterocycles. The number of carbonyl (C=O) groups excluding carboxylic acids is 3. The molecule has 3 aliphatic rings. The van der Waals surface area contributed by atoms with Crippen molar-refractivity contribution in [1.82, 2.24) is 4.90 Å². The van der Waals surface area contributed by atoms with Crippen molar-refractivity contribution in [3.05, 3.63) is 54.6 Å². The number of aliphatic hydroxyl groups excluding tert-OH is 1. The molecular weight excluding hydrogens is 496 g/mol. The quantitative estimate of drug-likeness (QED) is 0.247. The summed E-state index contributed by atoms with van der Waals surface area (Å²) in [4.78, 5) is 45.5. The number of benzene rings is 1. The summed E-state index contributed by atoms with van der Waals surface area (Å²) in [5.41, 5.74) is 0.553. The number of aryl methyl sites for hydroxylation is 2. The van der Waals surface area contributed by atoms with Crippen molar-refractivity contribution >= 4 is 23.5 Å². The molecular formula is C31H42N2O6. The van der Waals surface area contributed by atoms with Crippen molar-refractivity contribution in [2.45, 2.75) is 83.1 Å². The summed E-state index contributed by atoms with van der Waals surface area (Å²) in [5.74, 6) is -2.78. The summed E-state index contributed by atoms with van der Waals surface area (Å²) in [6.07, 6.45) is 6.24. The zero-order chi connectivity index (χ0) is 28.5. The van der Waals surface area contributed by atoms with Gasteiger partial charge < -0.3 is 24.4 Å². The minimum atomic E-state index is -1.19. The Balaban J connectivity index is 1.79. The van der Waals surface area contributed by atoms with Gasteiger partial charge in [0.05, 0.1) is 30.8 Å². The lowest BCUT2D eigenvalue weighted by molar-refractivity contribution is -0.160. The monoisotopic (exact) mass is 538 g/mol. The predicted molar refractivity (Wildman–Crippen MR) is 149 cm³/mol. The molecule has 3 heterocycles. The number of allylic oxidation sites excluding steroid dienone is 1. The van der Waals surface area contributed by atoms with Crippen molar-refractivity contribution < 1.29 is 29.0 Å². The molecule has 3 aliphatic heterocycles. The fourth-order valence-corrected chi connectivity index (χ4v) is 6.89. The standard InChI is InChI=1S/C31H42N2O6/c1-7-10-11-17-38-29(37)25-24-27(35)33(22(9-3)19-34)26(31(24)15-14-30(25,6)39-31)28(36)32(16-8-2)23-18-20(4)12-13-21(23)5/h7-8,12-13,18,22,24-26,34H,1-2,9-11,14-17,19H2,3-6H3/t22-,24-,25+,26?,30-,31?/m0/s1. The smallest absolute Gasteiger partial charge is 0.312 e. The van der Waals surface area contributed by atoms with Crippen molar-refractivity contribution in [3.8, 4) is 0 Å². The Labute approximate surface area is 231 Å². The number of rotatable bonds is 12. The van der Waals surface area contributed by atoms with E-state index in [2.05, 4.69) is 13.2 Å². The van der Waals surface area contributed by atoms with Crippen LogP contribution in [0.5, 0.6) is 0 Å². The van der Waals surface area contributed by atoms with Gasteiger partial charge in [-0.15, -0.1) is 13.2 Å². The number of likely N-dealkylation sites (tertiary alicyclic amines) is 1. The summed E-state index contributed by atoms with van der Waals surface area (Å²) >= 11 is 0. The Morgan fingerprint density at radius 3 is 2.67 bits per heavy atom. The third-order valence-electron chi connectivity index (χ3n) is 8.81. The van der Waals surface area contributed by atoms with Crippen LogP contribution in [0.1, 0.15) is 57.1 Å². The fraction of sp³-hybridized carbons (Fsp3) is 0.581. The van der Waals surface area contributed by atoms with Gasteiger partial charge in [0.15, 0.2) is 0 Å². The first-order valence-electron chi connectivity index (χ1n) is 14.0. The van der Waals surface area contributed by atoms with Gasteiger partial charge in [-0.1, -0.05) is 31.2 Å². The van der Waals surface area contributed by atoms with E-state index in [1.807, 2.05) is 45.9 Å². The Morgan fingerprint density at radius 2 is 2.03 bits per heavy atom. The molecule has 0 aromatic heterocycles. The normalized spacial score (nSPS) is 29.7. The Bertz CT molecular complexity index is 1150. The minimum absolute atomic E-state index is 0.228. The summed E-state index contributed by atoms with van der Waals surface area (Å²) in [6.45, 7) is 15.4. The molecule has 1 aromatic rings. The lowest BCUT2D eigenvalue weighted by Gasteiger charge is -2.39. The minimum Gasteiger partial charge on any atom is -0.465 e. The number of hydrogen-bond donors (Lipinski definition) is 1. The van der Waals surface area contributed by atoms with Gasteiger partial charge in [0.1, 0.15) is 17.6 Å². The summed E-state index contributed by atoms with van der Waals surface area (Å²) in [6, 6.07) is 4.32. The van der Waals surface area contributed by atoms with E-state index in [1.165, 1.54) is 4.90 Å². The number of hydrogen-bond acceptors (Lipinski definition) is 6. The van der Waals surface area contributed by atoms with Gasteiger partial charge in [0.2, 0.25) is 5.91 Å². The number of unbranched alkanes of at least 4 members (excludes halogenated alkanes) is 1. The average Bonchev–Trinajstić information content (AvgIpc) is 3.48. The topological polar surface area (TPSA) is 96.4 Å². The van der Waals surface area contributed by atoms with Gasteiger partial charge in [-0.2, -0.15) is 0 Å². The van der Waals surface area contributed by atoms with E-state index in [-0.39, 0.29) is 31.6 Å². The molecule has 212 valence electrons. The number of amides is 2. The van der Waals surface area contributed by atoms with Crippen LogP contribution in [0.4, 0.5) is 5.69 Å². The van der Waals surface area contributed by atoms with Crippen molar-refractivity contribution in [1.29, 1.82) is 0 Å². The Morgan fingerprint density at radius 1 is 1.28 bits per heavy atom. The van der Waals surface area contributed by atoms with E-state index >= 15 is 0 Å². The van der Waals surface area contributed by atoms with E-state index in [1.54, 1.807) is 17.1 Å². The maximum atomic E-state index is 14.6. The maximum Gasteiger partial charge on any atom is 0.312 e. The first-order valence-corrected chi connectivity index (χ1v) is 14.0. The number of carbonyl (C=O) groups is 3.